The molecule has 0 radical (unpaired) electrons. The molecule has 2 aromatic rings. The van der Waals surface area contributed by atoms with E-state index in [2.05, 4.69) is 78.2 Å². The van der Waals surface area contributed by atoms with Crippen molar-refractivity contribution in [2.24, 2.45) is 5.92 Å². The van der Waals surface area contributed by atoms with Crippen LogP contribution in [0.2, 0.25) is 0 Å². The summed E-state index contributed by atoms with van der Waals surface area (Å²) in [5.41, 5.74) is 4.47. The van der Waals surface area contributed by atoms with Gasteiger partial charge in [-0.05, 0) is 81.1 Å². The van der Waals surface area contributed by atoms with Crippen LogP contribution < -0.4 is 0 Å². The van der Waals surface area contributed by atoms with Gasteiger partial charge in [0.1, 0.15) is 0 Å². The summed E-state index contributed by atoms with van der Waals surface area (Å²) >= 11 is 0. The van der Waals surface area contributed by atoms with Crippen LogP contribution in [0.1, 0.15) is 62.1 Å². The van der Waals surface area contributed by atoms with Crippen LogP contribution in [-0.2, 0) is 13.1 Å². The van der Waals surface area contributed by atoms with E-state index in [0.29, 0.717) is 6.04 Å². The Morgan fingerprint density at radius 2 is 1.57 bits per heavy atom. The van der Waals surface area contributed by atoms with Gasteiger partial charge in [0, 0.05) is 25.7 Å². The summed E-state index contributed by atoms with van der Waals surface area (Å²) in [6, 6.07) is 21.1. The molecule has 1 saturated heterocycles. The van der Waals surface area contributed by atoms with Crippen LogP contribution in [0.25, 0.3) is 0 Å². The van der Waals surface area contributed by atoms with Crippen LogP contribution in [0.15, 0.2) is 54.6 Å². The largest absolute Gasteiger partial charge is 0.299 e. The van der Waals surface area contributed by atoms with Gasteiger partial charge in [0.25, 0.3) is 0 Å². The summed E-state index contributed by atoms with van der Waals surface area (Å²) in [5.74, 6) is 1.62. The second-order valence-electron chi connectivity index (χ2n) is 9.27. The minimum atomic E-state index is 0.601. The number of benzene rings is 2. The first kappa shape index (κ1) is 19.7. The van der Waals surface area contributed by atoms with E-state index in [-0.39, 0.29) is 0 Å². The van der Waals surface area contributed by atoms with Gasteiger partial charge in [-0.1, -0.05) is 54.6 Å². The summed E-state index contributed by atoms with van der Waals surface area (Å²) in [6.07, 6.45) is 5.45. The van der Waals surface area contributed by atoms with Gasteiger partial charge in [-0.25, -0.2) is 0 Å². The molecule has 2 fully saturated rings. The number of hydrogen-bond acceptors (Lipinski definition) is 2. The predicted molar refractivity (Wildman–Crippen MR) is 118 cm³/mol. The Morgan fingerprint density at radius 1 is 0.893 bits per heavy atom. The van der Waals surface area contributed by atoms with Gasteiger partial charge >= 0.3 is 0 Å². The normalized spacial score (nSPS) is 22.7. The highest BCUT2D eigenvalue weighted by Gasteiger charge is 2.32. The summed E-state index contributed by atoms with van der Waals surface area (Å²) in [4.78, 5) is 5.23. The lowest BCUT2D eigenvalue weighted by atomic mass is 9.71. The molecule has 0 bridgehead atoms. The minimum absolute atomic E-state index is 0.601. The van der Waals surface area contributed by atoms with Crippen LogP contribution in [0.3, 0.4) is 0 Å². The Hall–Kier alpha value is -1.64. The lowest BCUT2D eigenvalue weighted by Gasteiger charge is -2.40. The number of rotatable bonds is 8. The summed E-state index contributed by atoms with van der Waals surface area (Å²) < 4.78 is 0. The average Bonchev–Trinajstić information content (AvgIpc) is 3.18. The van der Waals surface area contributed by atoms with E-state index >= 15 is 0 Å². The maximum Gasteiger partial charge on any atom is 0.0236 e. The molecule has 0 spiro atoms. The molecular formula is C26H36N2. The molecule has 4 rings (SSSR count). The topological polar surface area (TPSA) is 6.48 Å². The van der Waals surface area contributed by atoms with Crippen molar-refractivity contribution in [3.63, 3.8) is 0 Å². The van der Waals surface area contributed by atoms with Crippen molar-refractivity contribution in [1.82, 2.24) is 9.80 Å². The first-order valence-electron chi connectivity index (χ1n) is 11.3. The number of hydrogen-bond donors (Lipinski definition) is 0. The highest BCUT2D eigenvalue weighted by atomic mass is 15.1. The van der Waals surface area contributed by atoms with Gasteiger partial charge in [0.2, 0.25) is 0 Å². The Bertz CT molecular complexity index is 710. The highest BCUT2D eigenvalue weighted by molar-refractivity contribution is 5.27. The fourth-order valence-electron chi connectivity index (χ4n) is 4.86. The molecule has 1 saturated carbocycles. The van der Waals surface area contributed by atoms with Gasteiger partial charge < -0.3 is 0 Å². The summed E-state index contributed by atoms with van der Waals surface area (Å²) in [7, 11) is 0. The van der Waals surface area contributed by atoms with Crippen LogP contribution in [-0.4, -0.2) is 35.5 Å². The molecule has 0 atom stereocenters. The molecular weight excluding hydrogens is 340 g/mol. The molecule has 150 valence electrons. The molecule has 28 heavy (non-hydrogen) atoms. The molecule has 1 aliphatic carbocycles. The average molecular weight is 377 g/mol. The van der Waals surface area contributed by atoms with E-state index in [9.17, 15) is 0 Å². The second-order valence-corrected chi connectivity index (χ2v) is 9.27. The summed E-state index contributed by atoms with van der Waals surface area (Å²) in [5, 5.41) is 0. The van der Waals surface area contributed by atoms with Crippen LogP contribution in [0.5, 0.6) is 0 Å². The van der Waals surface area contributed by atoms with Crippen molar-refractivity contribution in [2.75, 3.05) is 19.6 Å². The van der Waals surface area contributed by atoms with Crippen molar-refractivity contribution in [3.8, 4) is 0 Å². The van der Waals surface area contributed by atoms with E-state index in [0.717, 1.165) is 24.9 Å². The van der Waals surface area contributed by atoms with Crippen molar-refractivity contribution < 1.29 is 0 Å². The highest BCUT2D eigenvalue weighted by Crippen LogP contribution is 2.42. The predicted octanol–water partition coefficient (Wildman–Crippen LogP) is 5.69. The fraction of sp³-hybridized carbons (Fsp3) is 0.538. The lowest BCUT2D eigenvalue weighted by Crippen LogP contribution is -2.39. The SMILES string of the molecule is CC(C)N(Cc1ccccc1)C[C@H]1C[C@H](c2ccc(CN3CCCC3)cc2)C1. The van der Waals surface area contributed by atoms with Gasteiger partial charge in [0.15, 0.2) is 0 Å². The lowest BCUT2D eigenvalue weighted by molar-refractivity contribution is 0.126. The van der Waals surface area contributed by atoms with Gasteiger partial charge in [-0.2, -0.15) is 0 Å². The maximum atomic E-state index is 2.65. The van der Waals surface area contributed by atoms with E-state index < -0.39 is 0 Å². The van der Waals surface area contributed by atoms with Crippen LogP contribution in [0.4, 0.5) is 0 Å². The smallest absolute Gasteiger partial charge is 0.0236 e. The van der Waals surface area contributed by atoms with Gasteiger partial charge in [-0.15, -0.1) is 0 Å². The zero-order chi connectivity index (χ0) is 19.3. The Balaban J connectivity index is 1.26. The monoisotopic (exact) mass is 376 g/mol. The first-order chi connectivity index (χ1) is 13.7. The van der Waals surface area contributed by atoms with Gasteiger partial charge in [0.05, 0.1) is 0 Å². The van der Waals surface area contributed by atoms with Crippen molar-refractivity contribution in [3.05, 3.63) is 71.3 Å². The quantitative estimate of drug-likeness (QED) is 0.584. The fourth-order valence-corrected chi connectivity index (χ4v) is 4.86. The number of likely N-dealkylation sites (tertiary alicyclic amines) is 1. The zero-order valence-corrected chi connectivity index (χ0v) is 17.7. The van der Waals surface area contributed by atoms with Crippen LogP contribution >= 0.6 is 0 Å². The standard InChI is InChI=1S/C26H36N2/c1-21(2)28(19-22-8-4-3-5-9-22)20-24-16-26(17-24)25-12-10-23(11-13-25)18-27-14-6-7-15-27/h3-5,8-13,21,24,26H,6-7,14-20H2,1-2H3/t24-,26-. The summed E-state index contributed by atoms with van der Waals surface area (Å²) in [6.45, 7) is 10.7. The maximum absolute atomic E-state index is 2.65. The van der Waals surface area contributed by atoms with E-state index in [1.807, 2.05) is 0 Å². The molecule has 2 aromatic carbocycles. The molecule has 2 aliphatic rings. The molecule has 2 heteroatoms. The molecule has 1 heterocycles. The third-order valence-electron chi connectivity index (χ3n) is 6.74. The Labute approximate surface area is 171 Å². The Morgan fingerprint density at radius 3 is 2.21 bits per heavy atom. The van der Waals surface area contributed by atoms with Gasteiger partial charge in [-0.3, -0.25) is 9.80 Å². The third-order valence-corrected chi connectivity index (χ3v) is 6.74. The Kier molecular flexibility index (Phi) is 6.49. The minimum Gasteiger partial charge on any atom is -0.299 e. The molecule has 1 aliphatic heterocycles. The molecule has 0 N–H and O–H groups in total. The second kappa shape index (κ2) is 9.24. The molecule has 0 amide bonds. The van der Waals surface area contributed by atoms with Crippen molar-refractivity contribution in [1.29, 1.82) is 0 Å². The van der Waals surface area contributed by atoms with E-state index in [1.165, 1.54) is 56.4 Å². The van der Waals surface area contributed by atoms with Crippen LogP contribution in [0, 0.1) is 5.92 Å². The number of nitrogens with zero attached hydrogens (tertiary/aromatic N) is 2. The molecule has 0 unspecified atom stereocenters. The van der Waals surface area contributed by atoms with E-state index in [4.69, 9.17) is 0 Å². The first-order valence-corrected chi connectivity index (χ1v) is 11.3. The van der Waals surface area contributed by atoms with Crippen molar-refractivity contribution >= 4 is 0 Å². The third kappa shape index (κ3) is 5.04. The van der Waals surface area contributed by atoms with Crippen molar-refractivity contribution in [2.45, 2.75) is 64.6 Å². The van der Waals surface area contributed by atoms with E-state index in [1.54, 1.807) is 5.56 Å². The molecule has 0 aromatic heterocycles. The zero-order valence-electron chi connectivity index (χ0n) is 17.7. The molecule has 2 nitrogen and oxygen atoms in total.